The van der Waals surface area contributed by atoms with Crippen LogP contribution in [0.3, 0.4) is 0 Å². The summed E-state index contributed by atoms with van der Waals surface area (Å²) in [6, 6.07) is 8.45. The van der Waals surface area contributed by atoms with Gasteiger partial charge in [-0.15, -0.1) is 0 Å². The van der Waals surface area contributed by atoms with Gasteiger partial charge in [-0.05, 0) is 31.8 Å². The van der Waals surface area contributed by atoms with Crippen molar-refractivity contribution in [3.8, 4) is 6.07 Å². The summed E-state index contributed by atoms with van der Waals surface area (Å²) in [5.74, 6) is -0.247. The van der Waals surface area contributed by atoms with Crippen LogP contribution in [-0.4, -0.2) is 19.0 Å². The van der Waals surface area contributed by atoms with Crippen molar-refractivity contribution in [1.82, 2.24) is 4.90 Å². The molecule has 0 heterocycles. The zero-order valence-electron chi connectivity index (χ0n) is 8.37. The van der Waals surface area contributed by atoms with Crippen LogP contribution in [-0.2, 0) is 0 Å². The van der Waals surface area contributed by atoms with E-state index in [1.807, 2.05) is 19.0 Å². The minimum atomic E-state index is -0.247. The van der Waals surface area contributed by atoms with Gasteiger partial charge in [0, 0.05) is 6.04 Å². The van der Waals surface area contributed by atoms with Crippen LogP contribution >= 0.6 is 0 Å². The van der Waals surface area contributed by atoms with E-state index in [4.69, 9.17) is 5.26 Å². The van der Waals surface area contributed by atoms with Crippen LogP contribution < -0.4 is 0 Å². The summed E-state index contributed by atoms with van der Waals surface area (Å²) in [5, 5.41) is 8.65. The van der Waals surface area contributed by atoms with Crippen molar-refractivity contribution in [2.45, 2.75) is 12.5 Å². The summed E-state index contributed by atoms with van der Waals surface area (Å²) < 4.78 is 12.7. The van der Waals surface area contributed by atoms with Crippen molar-refractivity contribution in [3.05, 3.63) is 35.6 Å². The number of rotatable bonds is 3. The summed E-state index contributed by atoms with van der Waals surface area (Å²) in [7, 11) is 3.82. The Morgan fingerprint density at radius 2 is 1.93 bits per heavy atom. The Hall–Kier alpha value is -1.40. The number of halogens is 1. The number of benzene rings is 1. The molecule has 0 aliphatic heterocycles. The number of hydrogen-bond donors (Lipinski definition) is 0. The Balaban J connectivity index is 2.89. The molecule has 0 spiro atoms. The fourth-order valence-electron chi connectivity index (χ4n) is 1.37. The molecule has 0 N–H and O–H groups in total. The van der Waals surface area contributed by atoms with E-state index in [9.17, 15) is 4.39 Å². The molecular formula is C11H13FN2. The van der Waals surface area contributed by atoms with Crippen LogP contribution in [0.5, 0.6) is 0 Å². The van der Waals surface area contributed by atoms with Gasteiger partial charge < -0.3 is 4.90 Å². The molecule has 0 fully saturated rings. The van der Waals surface area contributed by atoms with Crippen LogP contribution in [0.1, 0.15) is 18.0 Å². The number of hydrogen-bond acceptors (Lipinski definition) is 2. The van der Waals surface area contributed by atoms with Gasteiger partial charge in [0.25, 0.3) is 0 Å². The molecule has 1 unspecified atom stereocenters. The van der Waals surface area contributed by atoms with Crippen LogP contribution in [0.15, 0.2) is 24.3 Å². The SMILES string of the molecule is CN(C)C(CC#N)c1ccc(F)cc1. The summed E-state index contributed by atoms with van der Waals surface area (Å²) in [6.07, 6.45) is 0.415. The first-order valence-corrected chi connectivity index (χ1v) is 4.44. The van der Waals surface area contributed by atoms with Gasteiger partial charge in [0.1, 0.15) is 5.82 Å². The lowest BCUT2D eigenvalue weighted by molar-refractivity contribution is 0.303. The van der Waals surface area contributed by atoms with Gasteiger partial charge in [0.2, 0.25) is 0 Å². The van der Waals surface area contributed by atoms with Gasteiger partial charge in [-0.2, -0.15) is 5.26 Å². The topological polar surface area (TPSA) is 27.0 Å². The van der Waals surface area contributed by atoms with E-state index in [1.54, 1.807) is 12.1 Å². The van der Waals surface area contributed by atoms with Gasteiger partial charge in [0.15, 0.2) is 0 Å². The second-order valence-corrected chi connectivity index (χ2v) is 3.39. The van der Waals surface area contributed by atoms with Crippen molar-refractivity contribution in [3.63, 3.8) is 0 Å². The second kappa shape index (κ2) is 4.73. The van der Waals surface area contributed by atoms with Crippen LogP contribution in [0.25, 0.3) is 0 Å². The standard InChI is InChI=1S/C11H13FN2/c1-14(2)11(7-8-13)9-3-5-10(12)6-4-9/h3-6,11H,7H2,1-2H3. The van der Waals surface area contributed by atoms with Gasteiger partial charge in [-0.1, -0.05) is 12.1 Å². The Morgan fingerprint density at radius 3 is 2.36 bits per heavy atom. The predicted molar refractivity (Wildman–Crippen MR) is 53.1 cm³/mol. The van der Waals surface area contributed by atoms with Crippen LogP contribution in [0.2, 0.25) is 0 Å². The van der Waals surface area contributed by atoms with E-state index in [2.05, 4.69) is 6.07 Å². The van der Waals surface area contributed by atoms with E-state index in [1.165, 1.54) is 12.1 Å². The van der Waals surface area contributed by atoms with E-state index in [-0.39, 0.29) is 11.9 Å². The van der Waals surface area contributed by atoms with E-state index in [0.717, 1.165) is 5.56 Å². The molecule has 0 aromatic heterocycles. The lowest BCUT2D eigenvalue weighted by Gasteiger charge is -2.21. The maximum absolute atomic E-state index is 12.7. The Kier molecular flexibility index (Phi) is 3.61. The number of nitriles is 1. The first-order chi connectivity index (χ1) is 6.65. The highest BCUT2D eigenvalue weighted by Crippen LogP contribution is 2.21. The highest BCUT2D eigenvalue weighted by Gasteiger charge is 2.12. The van der Waals surface area contributed by atoms with Gasteiger partial charge in [0.05, 0.1) is 12.5 Å². The third kappa shape index (κ3) is 2.54. The Morgan fingerprint density at radius 1 is 1.36 bits per heavy atom. The van der Waals surface area contributed by atoms with Crippen molar-refractivity contribution >= 4 is 0 Å². The third-order valence-corrected chi connectivity index (χ3v) is 2.16. The van der Waals surface area contributed by atoms with E-state index < -0.39 is 0 Å². The monoisotopic (exact) mass is 192 g/mol. The fraction of sp³-hybridized carbons (Fsp3) is 0.364. The molecule has 0 aliphatic rings. The molecule has 74 valence electrons. The van der Waals surface area contributed by atoms with Crippen molar-refractivity contribution in [1.29, 1.82) is 5.26 Å². The largest absolute Gasteiger partial charge is 0.301 e. The molecule has 3 heteroatoms. The minimum Gasteiger partial charge on any atom is -0.301 e. The molecule has 0 aliphatic carbocycles. The van der Waals surface area contributed by atoms with Crippen LogP contribution in [0, 0.1) is 17.1 Å². The average Bonchev–Trinajstić information content (AvgIpc) is 2.15. The molecule has 0 amide bonds. The molecular weight excluding hydrogens is 179 g/mol. The van der Waals surface area contributed by atoms with Crippen molar-refractivity contribution < 1.29 is 4.39 Å². The predicted octanol–water partition coefficient (Wildman–Crippen LogP) is 2.34. The Labute approximate surface area is 83.6 Å². The van der Waals surface area contributed by atoms with E-state index in [0.29, 0.717) is 6.42 Å². The maximum Gasteiger partial charge on any atom is 0.123 e. The summed E-state index contributed by atoms with van der Waals surface area (Å²) in [6.45, 7) is 0. The summed E-state index contributed by atoms with van der Waals surface area (Å²) >= 11 is 0. The summed E-state index contributed by atoms with van der Waals surface area (Å²) in [4.78, 5) is 1.95. The molecule has 0 saturated heterocycles. The average molecular weight is 192 g/mol. The molecule has 0 radical (unpaired) electrons. The zero-order valence-corrected chi connectivity index (χ0v) is 8.37. The van der Waals surface area contributed by atoms with E-state index >= 15 is 0 Å². The molecule has 1 aromatic carbocycles. The Bertz CT molecular complexity index is 324. The quantitative estimate of drug-likeness (QED) is 0.735. The van der Waals surface area contributed by atoms with Gasteiger partial charge in [-0.3, -0.25) is 0 Å². The van der Waals surface area contributed by atoms with Crippen molar-refractivity contribution in [2.75, 3.05) is 14.1 Å². The van der Waals surface area contributed by atoms with Crippen LogP contribution in [0.4, 0.5) is 4.39 Å². The molecule has 1 rings (SSSR count). The maximum atomic E-state index is 12.7. The van der Waals surface area contributed by atoms with Gasteiger partial charge in [-0.25, -0.2) is 4.39 Å². The first kappa shape index (κ1) is 10.7. The first-order valence-electron chi connectivity index (χ1n) is 4.44. The third-order valence-electron chi connectivity index (χ3n) is 2.16. The molecule has 0 saturated carbocycles. The van der Waals surface area contributed by atoms with Gasteiger partial charge >= 0.3 is 0 Å². The number of nitrogens with zero attached hydrogens (tertiary/aromatic N) is 2. The molecule has 1 atom stereocenters. The smallest absolute Gasteiger partial charge is 0.123 e. The lowest BCUT2D eigenvalue weighted by Crippen LogP contribution is -2.19. The highest BCUT2D eigenvalue weighted by atomic mass is 19.1. The van der Waals surface area contributed by atoms with Crippen molar-refractivity contribution in [2.24, 2.45) is 0 Å². The second-order valence-electron chi connectivity index (χ2n) is 3.39. The molecule has 0 bridgehead atoms. The molecule has 2 nitrogen and oxygen atoms in total. The molecule has 1 aromatic rings. The zero-order chi connectivity index (χ0) is 10.6. The lowest BCUT2D eigenvalue weighted by atomic mass is 10.0. The summed E-state index contributed by atoms with van der Waals surface area (Å²) in [5.41, 5.74) is 0.970. The molecule has 14 heavy (non-hydrogen) atoms. The highest BCUT2D eigenvalue weighted by molar-refractivity contribution is 5.20. The fourth-order valence-corrected chi connectivity index (χ4v) is 1.37. The normalized spacial score (nSPS) is 12.5. The minimum absolute atomic E-state index is 0.0422.